The fourth-order valence-electron chi connectivity index (χ4n) is 4.38. The molecule has 2 N–H and O–H groups in total. The molecule has 45 heavy (non-hydrogen) atoms. The third kappa shape index (κ3) is 29.8. The second-order valence-corrected chi connectivity index (χ2v) is 14.6. The summed E-state index contributed by atoms with van der Waals surface area (Å²) >= 11 is 0. The van der Waals surface area contributed by atoms with Crippen LogP contribution in [-0.4, -0.2) is 48.2 Å². The van der Waals surface area contributed by atoms with Crippen LogP contribution in [0.2, 0.25) is 0 Å². The summed E-state index contributed by atoms with van der Waals surface area (Å²) in [7, 11) is -9.39. The summed E-state index contributed by atoms with van der Waals surface area (Å²) in [6.45, 7) is 11.3. The van der Waals surface area contributed by atoms with Gasteiger partial charge in [-0.25, -0.2) is 18.7 Å². The van der Waals surface area contributed by atoms with Gasteiger partial charge in [-0.15, -0.1) is 0 Å². The van der Waals surface area contributed by atoms with Gasteiger partial charge in [0.05, 0.1) is 26.4 Å². The van der Waals surface area contributed by atoms with E-state index in [0.29, 0.717) is 37.2 Å². The molecule has 13 heteroatoms. The van der Waals surface area contributed by atoms with Crippen LogP contribution in [0.25, 0.3) is 0 Å². The molecule has 0 radical (unpaired) electrons. The molecule has 0 aliphatic carbocycles. The number of hydrogen-bond acceptors (Lipinski definition) is 9. The van der Waals surface area contributed by atoms with Gasteiger partial charge in [0, 0.05) is 11.1 Å². The molecule has 0 aromatic heterocycles. The third-order valence-electron chi connectivity index (χ3n) is 6.95. The van der Waals surface area contributed by atoms with Crippen molar-refractivity contribution in [1.82, 2.24) is 0 Å². The maximum Gasteiger partial charge on any atom is 0.483 e. The van der Waals surface area contributed by atoms with E-state index in [9.17, 15) is 18.7 Å². The van der Waals surface area contributed by atoms with E-state index in [2.05, 4.69) is 17.5 Å². The Kier molecular flexibility index (Phi) is 26.9. The monoisotopic (exact) mass is 682 g/mol. The first-order valence-corrected chi connectivity index (χ1v) is 19.7. The molecule has 0 aromatic rings. The van der Waals surface area contributed by atoms with Crippen molar-refractivity contribution >= 4 is 27.6 Å². The number of phosphoric acid groups is 2. The first-order chi connectivity index (χ1) is 21.4. The van der Waals surface area contributed by atoms with E-state index in [-0.39, 0.29) is 25.2 Å². The van der Waals surface area contributed by atoms with E-state index in [4.69, 9.17) is 28.3 Å². The molecule has 0 saturated heterocycles. The number of esters is 2. The van der Waals surface area contributed by atoms with Crippen LogP contribution < -0.4 is 0 Å². The van der Waals surface area contributed by atoms with Crippen LogP contribution in [0.15, 0.2) is 24.3 Å². The molecule has 0 spiro atoms. The Labute approximate surface area is 271 Å². The smallest absolute Gasteiger partial charge is 0.462 e. The summed E-state index contributed by atoms with van der Waals surface area (Å²) in [5.74, 6) is -0.666. The van der Waals surface area contributed by atoms with E-state index < -0.39 is 15.6 Å². The van der Waals surface area contributed by atoms with E-state index in [1.807, 2.05) is 0 Å². The predicted molar refractivity (Wildman–Crippen MR) is 177 cm³/mol. The Bertz CT molecular complexity index is 859. The van der Waals surface area contributed by atoms with Crippen LogP contribution in [0.1, 0.15) is 142 Å². The van der Waals surface area contributed by atoms with E-state index in [1.54, 1.807) is 13.8 Å². The SMILES string of the molecule is C=C(C)C(=O)OCCCCCCCCCCCCOP(=O)(OCCCCCCCCCCCCOC(=O)C(=C)C)OP(=O)(O)O. The van der Waals surface area contributed by atoms with Gasteiger partial charge in [-0.3, -0.25) is 9.05 Å². The molecule has 0 rings (SSSR count). The van der Waals surface area contributed by atoms with Gasteiger partial charge in [-0.05, 0) is 39.5 Å². The molecule has 0 bridgehead atoms. The predicted octanol–water partition coefficient (Wildman–Crippen LogP) is 9.28. The molecular weight excluding hydrogens is 622 g/mol. The Morgan fingerprint density at radius 3 is 0.978 bits per heavy atom. The van der Waals surface area contributed by atoms with Gasteiger partial charge in [-0.1, -0.05) is 116 Å². The quantitative estimate of drug-likeness (QED) is 0.0302. The van der Waals surface area contributed by atoms with Crippen LogP contribution in [0.4, 0.5) is 0 Å². The van der Waals surface area contributed by atoms with Gasteiger partial charge in [0.25, 0.3) is 0 Å². The van der Waals surface area contributed by atoms with Crippen LogP contribution in [0, 0.1) is 0 Å². The number of rotatable bonds is 32. The number of phosphoric ester groups is 1. The minimum Gasteiger partial charge on any atom is -0.462 e. The standard InChI is InChI=1S/C32H60O11P2/c1-29(2)31(33)39-25-21-17-13-9-5-7-11-15-19-23-27-41-45(38,43-44(35,36)37)42-28-24-20-16-12-8-6-10-14-18-22-26-40-32(34)30(3)4/h1,3,5-28H2,2,4H3,(H2,35,36,37). The van der Waals surface area contributed by atoms with Crippen LogP contribution in [-0.2, 0) is 41.6 Å². The lowest BCUT2D eigenvalue weighted by molar-refractivity contribution is -0.139. The highest BCUT2D eigenvalue weighted by Crippen LogP contribution is 2.61. The highest BCUT2D eigenvalue weighted by atomic mass is 31.3. The van der Waals surface area contributed by atoms with Crippen molar-refractivity contribution in [3.05, 3.63) is 24.3 Å². The highest BCUT2D eigenvalue weighted by Gasteiger charge is 2.35. The molecule has 0 heterocycles. The summed E-state index contributed by atoms with van der Waals surface area (Å²) in [5, 5.41) is 0. The van der Waals surface area contributed by atoms with Crippen LogP contribution in [0.3, 0.4) is 0 Å². The van der Waals surface area contributed by atoms with Crippen molar-refractivity contribution in [1.29, 1.82) is 0 Å². The zero-order valence-corrected chi connectivity index (χ0v) is 29.6. The van der Waals surface area contributed by atoms with Crippen molar-refractivity contribution in [3.63, 3.8) is 0 Å². The molecule has 0 unspecified atom stereocenters. The largest absolute Gasteiger partial charge is 0.483 e. The Hall–Kier alpha value is -1.32. The zero-order valence-electron chi connectivity index (χ0n) is 27.8. The molecule has 0 aliphatic rings. The van der Waals surface area contributed by atoms with E-state index >= 15 is 0 Å². The lowest BCUT2D eigenvalue weighted by Crippen LogP contribution is -2.05. The summed E-state index contributed by atoms with van der Waals surface area (Å²) in [6.07, 6.45) is 19.7. The van der Waals surface area contributed by atoms with E-state index in [0.717, 1.165) is 116 Å². The van der Waals surface area contributed by atoms with Gasteiger partial charge >= 0.3 is 27.6 Å². The van der Waals surface area contributed by atoms with E-state index in [1.165, 1.54) is 0 Å². The normalized spacial score (nSPS) is 11.8. The van der Waals surface area contributed by atoms with Crippen molar-refractivity contribution < 1.29 is 51.3 Å². The lowest BCUT2D eigenvalue weighted by Gasteiger charge is -2.18. The van der Waals surface area contributed by atoms with Gasteiger partial charge in [0.15, 0.2) is 0 Å². The minimum absolute atomic E-state index is 0.0346. The maximum absolute atomic E-state index is 12.7. The van der Waals surface area contributed by atoms with Gasteiger partial charge in [-0.2, -0.15) is 4.31 Å². The molecule has 0 amide bonds. The van der Waals surface area contributed by atoms with Gasteiger partial charge in [0.2, 0.25) is 0 Å². The topological polar surface area (TPSA) is 155 Å². The Morgan fingerprint density at radius 2 is 0.733 bits per heavy atom. The molecule has 11 nitrogen and oxygen atoms in total. The summed E-state index contributed by atoms with van der Waals surface area (Å²) < 4.78 is 49.0. The summed E-state index contributed by atoms with van der Waals surface area (Å²) in [6, 6.07) is 0. The first-order valence-electron chi connectivity index (χ1n) is 16.7. The second-order valence-electron chi connectivity index (χ2n) is 11.6. The lowest BCUT2D eigenvalue weighted by atomic mass is 10.1. The average molecular weight is 683 g/mol. The molecular formula is C32H60O11P2. The fraction of sp³-hybridized carbons (Fsp3) is 0.812. The number of ether oxygens (including phenoxy) is 2. The number of unbranched alkanes of at least 4 members (excludes halogenated alkanes) is 18. The zero-order chi connectivity index (χ0) is 33.8. The number of carbonyl (C=O) groups excluding carboxylic acids is 2. The van der Waals surface area contributed by atoms with Crippen LogP contribution in [0.5, 0.6) is 0 Å². The summed E-state index contributed by atoms with van der Waals surface area (Å²) in [5.41, 5.74) is 0.842. The molecule has 0 saturated carbocycles. The fourth-order valence-corrected chi connectivity index (χ4v) is 6.58. The van der Waals surface area contributed by atoms with Crippen molar-refractivity contribution in [3.8, 4) is 0 Å². The molecule has 0 aromatic carbocycles. The molecule has 264 valence electrons. The maximum atomic E-state index is 12.7. The second kappa shape index (κ2) is 27.8. The van der Waals surface area contributed by atoms with Crippen molar-refractivity contribution in [2.45, 2.75) is 142 Å². The first kappa shape index (κ1) is 43.7. The van der Waals surface area contributed by atoms with Gasteiger partial charge < -0.3 is 19.3 Å². The average Bonchev–Trinajstić information content (AvgIpc) is 2.96. The number of hydrogen-bond donors (Lipinski definition) is 2. The minimum atomic E-state index is -5.04. The summed E-state index contributed by atoms with van der Waals surface area (Å²) in [4.78, 5) is 40.9. The molecule has 0 fully saturated rings. The van der Waals surface area contributed by atoms with Crippen LogP contribution >= 0.6 is 15.6 Å². The van der Waals surface area contributed by atoms with Crippen molar-refractivity contribution in [2.75, 3.05) is 26.4 Å². The number of carbonyl (C=O) groups is 2. The van der Waals surface area contributed by atoms with Crippen molar-refractivity contribution in [2.24, 2.45) is 0 Å². The third-order valence-corrected chi connectivity index (χ3v) is 9.59. The van der Waals surface area contributed by atoms with Gasteiger partial charge in [0.1, 0.15) is 0 Å². The molecule has 0 atom stereocenters. The Balaban J connectivity index is 3.80. The Morgan fingerprint density at radius 1 is 0.489 bits per heavy atom. The molecule has 0 aliphatic heterocycles. The highest BCUT2D eigenvalue weighted by molar-refractivity contribution is 7.61.